The average molecular weight is 298 g/mol. The normalized spacial score (nSPS) is 10.3. The first kappa shape index (κ1) is 11.9. The molecule has 1 aromatic heterocycles. The molecule has 0 atom stereocenters. The molecule has 1 aromatic carbocycles. The van der Waals surface area contributed by atoms with Crippen molar-refractivity contribution in [3.8, 4) is 0 Å². The van der Waals surface area contributed by atoms with Crippen molar-refractivity contribution in [1.82, 2.24) is 0 Å². The SMILES string of the molecule is Cc1occc1C(=O)Nc1ccc(F)cc1Br. The molecule has 2 aromatic rings. The fourth-order valence-corrected chi connectivity index (χ4v) is 1.85. The Labute approximate surface area is 106 Å². The van der Waals surface area contributed by atoms with E-state index in [1.54, 1.807) is 13.0 Å². The fraction of sp³-hybridized carbons (Fsp3) is 0.0833. The van der Waals surface area contributed by atoms with Crippen LogP contribution in [-0.4, -0.2) is 5.91 Å². The van der Waals surface area contributed by atoms with E-state index in [0.29, 0.717) is 21.5 Å². The summed E-state index contributed by atoms with van der Waals surface area (Å²) < 4.78 is 18.4. The number of rotatable bonds is 2. The summed E-state index contributed by atoms with van der Waals surface area (Å²) in [6, 6.07) is 5.65. The van der Waals surface area contributed by atoms with Gasteiger partial charge in [-0.2, -0.15) is 0 Å². The highest BCUT2D eigenvalue weighted by Crippen LogP contribution is 2.24. The van der Waals surface area contributed by atoms with E-state index in [1.165, 1.54) is 24.5 Å². The summed E-state index contributed by atoms with van der Waals surface area (Å²) in [6.07, 6.45) is 1.45. The number of nitrogens with one attached hydrogen (secondary N) is 1. The number of benzene rings is 1. The molecule has 2 rings (SSSR count). The van der Waals surface area contributed by atoms with E-state index in [9.17, 15) is 9.18 Å². The maximum absolute atomic E-state index is 12.9. The highest BCUT2D eigenvalue weighted by molar-refractivity contribution is 9.10. The van der Waals surface area contributed by atoms with Crippen molar-refractivity contribution in [3.05, 3.63) is 52.1 Å². The molecule has 1 amide bonds. The Morgan fingerprint density at radius 2 is 2.18 bits per heavy atom. The maximum Gasteiger partial charge on any atom is 0.259 e. The van der Waals surface area contributed by atoms with Crippen molar-refractivity contribution in [3.63, 3.8) is 0 Å². The van der Waals surface area contributed by atoms with Gasteiger partial charge in [0.25, 0.3) is 5.91 Å². The Morgan fingerprint density at radius 3 is 2.76 bits per heavy atom. The molecule has 88 valence electrons. The van der Waals surface area contributed by atoms with Crippen LogP contribution in [0.25, 0.3) is 0 Å². The molecule has 17 heavy (non-hydrogen) atoms. The molecule has 0 aliphatic heterocycles. The highest BCUT2D eigenvalue weighted by Gasteiger charge is 2.12. The third-order valence-electron chi connectivity index (χ3n) is 2.28. The molecule has 0 radical (unpaired) electrons. The van der Waals surface area contributed by atoms with Crippen LogP contribution in [0.5, 0.6) is 0 Å². The highest BCUT2D eigenvalue weighted by atomic mass is 79.9. The van der Waals surface area contributed by atoms with Crippen LogP contribution in [0.1, 0.15) is 16.1 Å². The number of halogens is 2. The minimum absolute atomic E-state index is 0.288. The van der Waals surface area contributed by atoms with Crippen LogP contribution in [0.15, 0.2) is 39.4 Å². The van der Waals surface area contributed by atoms with Crippen molar-refractivity contribution in [2.75, 3.05) is 5.32 Å². The molecule has 0 aliphatic carbocycles. The molecule has 0 saturated heterocycles. The monoisotopic (exact) mass is 297 g/mol. The summed E-state index contributed by atoms with van der Waals surface area (Å²) in [5.74, 6) is -0.112. The van der Waals surface area contributed by atoms with E-state index < -0.39 is 0 Å². The first-order valence-corrected chi connectivity index (χ1v) is 5.67. The van der Waals surface area contributed by atoms with Gasteiger partial charge in [-0.15, -0.1) is 0 Å². The van der Waals surface area contributed by atoms with Gasteiger partial charge < -0.3 is 9.73 Å². The maximum atomic E-state index is 12.9. The molecule has 0 saturated carbocycles. The van der Waals surface area contributed by atoms with Gasteiger partial charge in [0, 0.05) is 4.47 Å². The zero-order valence-electron chi connectivity index (χ0n) is 8.96. The molecule has 1 heterocycles. The van der Waals surface area contributed by atoms with Gasteiger partial charge in [-0.05, 0) is 47.1 Å². The molecule has 0 spiro atoms. The van der Waals surface area contributed by atoms with Gasteiger partial charge in [0.2, 0.25) is 0 Å². The molecule has 0 unspecified atom stereocenters. The Kier molecular flexibility index (Phi) is 3.28. The second kappa shape index (κ2) is 4.71. The molecule has 5 heteroatoms. The molecular weight excluding hydrogens is 289 g/mol. The van der Waals surface area contributed by atoms with Gasteiger partial charge in [0.15, 0.2) is 0 Å². The quantitative estimate of drug-likeness (QED) is 0.917. The number of hydrogen-bond acceptors (Lipinski definition) is 2. The number of carbonyl (C=O) groups is 1. The lowest BCUT2D eigenvalue weighted by Crippen LogP contribution is -2.12. The molecular formula is C12H9BrFNO2. The van der Waals surface area contributed by atoms with E-state index in [0.717, 1.165) is 0 Å². The number of aryl methyl sites for hydroxylation is 1. The minimum Gasteiger partial charge on any atom is -0.469 e. The summed E-state index contributed by atoms with van der Waals surface area (Å²) in [7, 11) is 0. The van der Waals surface area contributed by atoms with Crippen LogP contribution in [0.4, 0.5) is 10.1 Å². The predicted molar refractivity (Wildman–Crippen MR) is 65.5 cm³/mol. The van der Waals surface area contributed by atoms with Crippen molar-refractivity contribution >= 4 is 27.5 Å². The zero-order chi connectivity index (χ0) is 12.4. The summed E-state index contributed by atoms with van der Waals surface area (Å²) in [4.78, 5) is 11.8. The van der Waals surface area contributed by atoms with E-state index >= 15 is 0 Å². The van der Waals surface area contributed by atoms with Crippen LogP contribution in [0.3, 0.4) is 0 Å². The van der Waals surface area contributed by atoms with Crippen molar-refractivity contribution in [2.45, 2.75) is 6.92 Å². The van der Waals surface area contributed by atoms with E-state index in [1.807, 2.05) is 0 Å². The minimum atomic E-state index is -0.366. The lowest BCUT2D eigenvalue weighted by atomic mass is 10.2. The first-order valence-electron chi connectivity index (χ1n) is 4.88. The summed E-state index contributed by atoms with van der Waals surface area (Å²) >= 11 is 3.18. The standard InChI is InChI=1S/C12H9BrFNO2/c1-7-9(4-5-17-7)12(16)15-11-3-2-8(14)6-10(11)13/h2-6H,1H3,(H,15,16). The third kappa shape index (κ3) is 2.55. The van der Waals surface area contributed by atoms with Gasteiger partial charge in [0.1, 0.15) is 11.6 Å². The number of anilines is 1. The second-order valence-corrected chi connectivity index (χ2v) is 4.32. The van der Waals surface area contributed by atoms with Crippen LogP contribution < -0.4 is 5.32 Å². The third-order valence-corrected chi connectivity index (χ3v) is 2.94. The fourth-order valence-electron chi connectivity index (χ4n) is 1.40. The summed E-state index contributed by atoms with van der Waals surface area (Å²) in [5, 5.41) is 2.67. The first-order chi connectivity index (χ1) is 8.08. The average Bonchev–Trinajstić information content (AvgIpc) is 2.68. The smallest absolute Gasteiger partial charge is 0.259 e. The van der Waals surface area contributed by atoms with Gasteiger partial charge >= 0.3 is 0 Å². The van der Waals surface area contributed by atoms with Crippen molar-refractivity contribution in [1.29, 1.82) is 0 Å². The number of furan rings is 1. The summed E-state index contributed by atoms with van der Waals surface area (Å²) in [5.41, 5.74) is 0.971. The largest absolute Gasteiger partial charge is 0.469 e. The van der Waals surface area contributed by atoms with Gasteiger partial charge in [0.05, 0.1) is 17.5 Å². The molecule has 1 N–H and O–H groups in total. The van der Waals surface area contributed by atoms with E-state index in [-0.39, 0.29) is 11.7 Å². The molecule has 3 nitrogen and oxygen atoms in total. The lowest BCUT2D eigenvalue weighted by molar-refractivity contribution is 0.102. The number of hydrogen-bond donors (Lipinski definition) is 1. The number of amides is 1. The Bertz CT molecular complexity index is 565. The Balaban J connectivity index is 2.22. The predicted octanol–water partition coefficient (Wildman–Crippen LogP) is 3.74. The van der Waals surface area contributed by atoms with Gasteiger partial charge in [-0.1, -0.05) is 0 Å². The van der Waals surface area contributed by atoms with Crippen LogP contribution >= 0.6 is 15.9 Å². The molecule has 0 aliphatic rings. The van der Waals surface area contributed by atoms with Crippen LogP contribution in [0, 0.1) is 12.7 Å². The zero-order valence-corrected chi connectivity index (χ0v) is 10.5. The lowest BCUT2D eigenvalue weighted by Gasteiger charge is -2.06. The van der Waals surface area contributed by atoms with Crippen molar-refractivity contribution in [2.24, 2.45) is 0 Å². The molecule has 0 bridgehead atoms. The second-order valence-electron chi connectivity index (χ2n) is 3.47. The van der Waals surface area contributed by atoms with E-state index in [4.69, 9.17) is 4.42 Å². The molecule has 0 fully saturated rings. The van der Waals surface area contributed by atoms with Gasteiger partial charge in [-0.25, -0.2) is 4.39 Å². The van der Waals surface area contributed by atoms with E-state index in [2.05, 4.69) is 21.2 Å². The summed E-state index contributed by atoms with van der Waals surface area (Å²) in [6.45, 7) is 1.70. The topological polar surface area (TPSA) is 42.2 Å². The Morgan fingerprint density at radius 1 is 1.41 bits per heavy atom. The Hall–Kier alpha value is -1.62. The van der Waals surface area contributed by atoms with Crippen molar-refractivity contribution < 1.29 is 13.6 Å². The number of carbonyl (C=O) groups excluding carboxylic acids is 1. The van der Waals surface area contributed by atoms with Gasteiger partial charge in [-0.3, -0.25) is 4.79 Å². The van der Waals surface area contributed by atoms with Crippen LogP contribution in [-0.2, 0) is 0 Å². The van der Waals surface area contributed by atoms with Crippen LogP contribution in [0.2, 0.25) is 0 Å².